The molecule has 0 radical (unpaired) electrons. The Kier molecular flexibility index (Phi) is 3.75. The van der Waals surface area contributed by atoms with E-state index in [0.717, 1.165) is 44.9 Å². The zero-order valence-electron chi connectivity index (χ0n) is 9.94. The van der Waals surface area contributed by atoms with E-state index in [2.05, 4.69) is 4.72 Å². The molecule has 2 saturated carbocycles. The first-order chi connectivity index (χ1) is 7.94. The van der Waals surface area contributed by atoms with Gasteiger partial charge in [-0.25, -0.2) is 13.1 Å². The lowest BCUT2D eigenvalue weighted by Gasteiger charge is -2.36. The van der Waals surface area contributed by atoms with Crippen molar-refractivity contribution < 1.29 is 8.42 Å². The summed E-state index contributed by atoms with van der Waals surface area (Å²) in [6.45, 7) is 0. The van der Waals surface area contributed by atoms with Gasteiger partial charge in [-0.05, 0) is 31.6 Å². The molecule has 0 heterocycles. The molecule has 2 rings (SSSR count). The van der Waals surface area contributed by atoms with E-state index in [4.69, 9.17) is 18.0 Å². The van der Waals surface area contributed by atoms with Crippen molar-refractivity contribution in [2.24, 2.45) is 11.7 Å². The normalized spacial score (nSPS) is 24.5. The van der Waals surface area contributed by atoms with Crippen molar-refractivity contribution in [2.45, 2.75) is 50.5 Å². The third kappa shape index (κ3) is 3.39. The van der Waals surface area contributed by atoms with Crippen molar-refractivity contribution in [3.63, 3.8) is 0 Å². The lowest BCUT2D eigenvalue weighted by atomic mass is 9.82. The Morgan fingerprint density at radius 3 is 2.35 bits per heavy atom. The molecule has 0 aromatic heterocycles. The molecule has 6 heteroatoms. The molecule has 0 spiro atoms. The fourth-order valence-electron chi connectivity index (χ4n) is 2.49. The number of rotatable bonds is 5. The van der Waals surface area contributed by atoms with Gasteiger partial charge in [-0.2, -0.15) is 0 Å². The highest BCUT2D eigenvalue weighted by Crippen LogP contribution is 2.33. The summed E-state index contributed by atoms with van der Waals surface area (Å²) in [5, 5.41) is 0. The highest BCUT2D eigenvalue weighted by atomic mass is 32.2. The fraction of sp³-hybridized carbons (Fsp3) is 0.909. The van der Waals surface area contributed by atoms with Crippen molar-refractivity contribution in [2.75, 3.05) is 5.75 Å². The zero-order chi connectivity index (χ0) is 12.5. The van der Waals surface area contributed by atoms with Crippen LogP contribution in [-0.2, 0) is 10.0 Å². The van der Waals surface area contributed by atoms with E-state index in [0.29, 0.717) is 10.9 Å². The Bertz CT molecular complexity index is 396. The molecule has 98 valence electrons. The molecular formula is C11H20N2O2S2. The highest BCUT2D eigenvalue weighted by molar-refractivity contribution is 7.89. The summed E-state index contributed by atoms with van der Waals surface area (Å²) in [6.07, 6.45) is 6.65. The van der Waals surface area contributed by atoms with E-state index in [-0.39, 0.29) is 5.75 Å². The summed E-state index contributed by atoms with van der Waals surface area (Å²) in [5.41, 5.74) is 5.11. The van der Waals surface area contributed by atoms with Gasteiger partial charge in [-0.15, -0.1) is 0 Å². The van der Waals surface area contributed by atoms with Gasteiger partial charge in [0.15, 0.2) is 0 Å². The molecule has 2 fully saturated rings. The second-order valence-corrected chi connectivity index (χ2v) is 7.54. The second-order valence-electron chi connectivity index (χ2n) is 5.33. The first kappa shape index (κ1) is 13.2. The monoisotopic (exact) mass is 276 g/mol. The average Bonchev–Trinajstić information content (AvgIpc) is 3.01. The molecule has 17 heavy (non-hydrogen) atoms. The molecular weight excluding hydrogens is 256 g/mol. The van der Waals surface area contributed by atoms with Gasteiger partial charge in [0, 0.05) is 0 Å². The average molecular weight is 276 g/mol. The standard InChI is InChI=1S/C11H20N2O2S2/c12-10(16)11(6-2-1-3-7-11)13-17(14,15)8-9-4-5-9/h9,13H,1-8H2,(H2,12,16). The van der Waals surface area contributed by atoms with Crippen LogP contribution in [0.4, 0.5) is 0 Å². The minimum atomic E-state index is -3.24. The summed E-state index contributed by atoms with van der Waals surface area (Å²) >= 11 is 5.08. The van der Waals surface area contributed by atoms with Gasteiger partial charge in [0.05, 0.1) is 16.3 Å². The first-order valence-corrected chi connectivity index (χ1v) is 8.31. The SMILES string of the molecule is NC(=S)C1(NS(=O)(=O)CC2CC2)CCCCC1. The zero-order valence-corrected chi connectivity index (χ0v) is 11.6. The largest absolute Gasteiger partial charge is 0.392 e. The topological polar surface area (TPSA) is 72.2 Å². The van der Waals surface area contributed by atoms with Gasteiger partial charge < -0.3 is 5.73 Å². The van der Waals surface area contributed by atoms with E-state index < -0.39 is 15.6 Å². The number of hydrogen-bond acceptors (Lipinski definition) is 3. The van der Waals surface area contributed by atoms with Gasteiger partial charge in [0.25, 0.3) is 0 Å². The molecule has 0 bridgehead atoms. The summed E-state index contributed by atoms with van der Waals surface area (Å²) in [4.78, 5) is 0.302. The Morgan fingerprint density at radius 2 is 1.88 bits per heavy atom. The number of nitrogens with one attached hydrogen (secondary N) is 1. The number of sulfonamides is 1. The third-order valence-electron chi connectivity index (χ3n) is 3.68. The Balaban J connectivity index is 2.08. The van der Waals surface area contributed by atoms with Crippen molar-refractivity contribution in [3.05, 3.63) is 0 Å². The molecule has 0 aromatic carbocycles. The highest BCUT2D eigenvalue weighted by Gasteiger charge is 2.40. The van der Waals surface area contributed by atoms with Gasteiger partial charge in [-0.1, -0.05) is 31.5 Å². The molecule has 2 aliphatic rings. The van der Waals surface area contributed by atoms with Crippen molar-refractivity contribution in [3.8, 4) is 0 Å². The Morgan fingerprint density at radius 1 is 1.29 bits per heavy atom. The molecule has 0 atom stereocenters. The van der Waals surface area contributed by atoms with Crippen molar-refractivity contribution in [1.29, 1.82) is 0 Å². The minimum absolute atomic E-state index is 0.233. The van der Waals surface area contributed by atoms with Crippen LogP contribution in [0.15, 0.2) is 0 Å². The van der Waals surface area contributed by atoms with Crippen LogP contribution in [-0.4, -0.2) is 24.7 Å². The number of nitrogens with two attached hydrogens (primary N) is 1. The van der Waals surface area contributed by atoms with E-state index >= 15 is 0 Å². The van der Waals surface area contributed by atoms with Crippen LogP contribution in [0.5, 0.6) is 0 Å². The molecule has 4 nitrogen and oxygen atoms in total. The van der Waals surface area contributed by atoms with E-state index in [1.54, 1.807) is 0 Å². The van der Waals surface area contributed by atoms with Crippen LogP contribution in [0.3, 0.4) is 0 Å². The lowest BCUT2D eigenvalue weighted by molar-refractivity contribution is 0.353. The lowest BCUT2D eigenvalue weighted by Crippen LogP contribution is -2.58. The van der Waals surface area contributed by atoms with Crippen LogP contribution in [0.2, 0.25) is 0 Å². The number of thiocarbonyl (C=S) groups is 1. The van der Waals surface area contributed by atoms with Crippen molar-refractivity contribution >= 4 is 27.2 Å². The summed E-state index contributed by atoms with van der Waals surface area (Å²) in [5.74, 6) is 0.580. The van der Waals surface area contributed by atoms with Crippen molar-refractivity contribution in [1.82, 2.24) is 4.72 Å². The Labute approximate surface area is 108 Å². The third-order valence-corrected chi connectivity index (χ3v) is 5.68. The Hall–Kier alpha value is -0.200. The predicted octanol–water partition coefficient (Wildman–Crippen LogP) is 1.30. The molecule has 0 saturated heterocycles. The maximum absolute atomic E-state index is 12.0. The number of hydrogen-bond donors (Lipinski definition) is 2. The summed E-state index contributed by atoms with van der Waals surface area (Å²) in [7, 11) is -3.24. The smallest absolute Gasteiger partial charge is 0.212 e. The van der Waals surface area contributed by atoms with E-state index in [1.807, 2.05) is 0 Å². The van der Waals surface area contributed by atoms with Crippen LogP contribution in [0.25, 0.3) is 0 Å². The maximum atomic E-state index is 12.0. The second kappa shape index (κ2) is 4.82. The molecule has 3 N–H and O–H groups in total. The van der Waals surface area contributed by atoms with Crippen LogP contribution >= 0.6 is 12.2 Å². The molecule has 2 aliphatic carbocycles. The van der Waals surface area contributed by atoms with Gasteiger partial charge in [0.2, 0.25) is 10.0 Å². The molecule has 0 aliphatic heterocycles. The van der Waals surface area contributed by atoms with Gasteiger partial charge >= 0.3 is 0 Å². The molecule has 0 unspecified atom stereocenters. The minimum Gasteiger partial charge on any atom is -0.392 e. The van der Waals surface area contributed by atoms with Gasteiger partial charge in [0.1, 0.15) is 0 Å². The van der Waals surface area contributed by atoms with Crippen LogP contribution in [0, 0.1) is 5.92 Å². The maximum Gasteiger partial charge on any atom is 0.212 e. The van der Waals surface area contributed by atoms with E-state index in [9.17, 15) is 8.42 Å². The summed E-state index contributed by atoms with van der Waals surface area (Å²) in [6, 6.07) is 0. The van der Waals surface area contributed by atoms with Gasteiger partial charge in [-0.3, -0.25) is 0 Å². The summed E-state index contributed by atoms with van der Waals surface area (Å²) < 4.78 is 26.9. The predicted molar refractivity (Wildman–Crippen MR) is 72.2 cm³/mol. The quantitative estimate of drug-likeness (QED) is 0.743. The van der Waals surface area contributed by atoms with E-state index in [1.165, 1.54) is 0 Å². The van der Waals surface area contributed by atoms with Crippen LogP contribution < -0.4 is 10.5 Å². The fourth-order valence-corrected chi connectivity index (χ4v) is 4.75. The first-order valence-electron chi connectivity index (χ1n) is 6.25. The van der Waals surface area contributed by atoms with Crippen LogP contribution in [0.1, 0.15) is 44.9 Å². The molecule has 0 amide bonds. The molecule has 0 aromatic rings.